The van der Waals surface area contributed by atoms with E-state index in [0.717, 1.165) is 19.8 Å². The molecule has 22 heavy (non-hydrogen) atoms. The molecule has 1 aromatic heterocycles. The van der Waals surface area contributed by atoms with Crippen molar-refractivity contribution in [2.24, 2.45) is 0 Å². The molecule has 0 saturated heterocycles. The van der Waals surface area contributed by atoms with Gasteiger partial charge in [0.05, 0.1) is 5.69 Å². The highest BCUT2D eigenvalue weighted by Crippen LogP contribution is 2.24. The molecule has 0 radical (unpaired) electrons. The van der Waals surface area contributed by atoms with Crippen molar-refractivity contribution in [1.82, 2.24) is 4.98 Å². The van der Waals surface area contributed by atoms with Gasteiger partial charge in [-0.15, -0.1) is 0 Å². The van der Waals surface area contributed by atoms with Gasteiger partial charge in [-0.3, -0.25) is 4.79 Å². The molecule has 0 unspecified atom stereocenters. The number of aromatic hydroxyl groups is 1. The van der Waals surface area contributed by atoms with Crippen LogP contribution in [0.5, 0.6) is 5.75 Å². The number of benzene rings is 2. The van der Waals surface area contributed by atoms with Crippen LogP contribution in [0.3, 0.4) is 0 Å². The molecule has 0 bridgehead atoms. The summed E-state index contributed by atoms with van der Waals surface area (Å²) >= 11 is 6.74. The van der Waals surface area contributed by atoms with E-state index in [0.29, 0.717) is 11.3 Å². The Bertz CT molecular complexity index is 897. The van der Waals surface area contributed by atoms with Crippen molar-refractivity contribution < 1.29 is 9.90 Å². The Morgan fingerprint density at radius 2 is 1.77 bits per heavy atom. The second-order valence-electron chi connectivity index (χ2n) is 4.82. The highest BCUT2D eigenvalue weighted by Gasteiger charge is 2.07. The Kier molecular flexibility index (Phi) is 4.18. The van der Waals surface area contributed by atoms with Gasteiger partial charge in [-0.05, 0) is 48.6 Å². The maximum atomic E-state index is 12.2. The Morgan fingerprint density at radius 3 is 2.59 bits per heavy atom. The number of fused-ring (bicyclic) bond motifs is 1. The molecule has 2 aromatic carbocycles. The van der Waals surface area contributed by atoms with Gasteiger partial charge < -0.3 is 10.1 Å². The molecule has 2 N–H and O–H groups in total. The summed E-state index contributed by atoms with van der Waals surface area (Å²) < 4.78 is 1.79. The Balaban J connectivity index is 1.89. The van der Waals surface area contributed by atoms with Gasteiger partial charge in [-0.2, -0.15) is 0 Å². The van der Waals surface area contributed by atoms with E-state index in [2.05, 4.69) is 36.8 Å². The lowest BCUT2D eigenvalue weighted by molar-refractivity contribution is 0.104. The first-order chi connectivity index (χ1) is 10.5. The van der Waals surface area contributed by atoms with Crippen LogP contribution < -0.4 is 0 Å². The van der Waals surface area contributed by atoms with Gasteiger partial charge in [0.25, 0.3) is 0 Å². The molecule has 0 aliphatic rings. The van der Waals surface area contributed by atoms with Gasteiger partial charge in [0.1, 0.15) is 5.75 Å². The first-order valence-electron chi connectivity index (χ1n) is 6.52. The second kappa shape index (κ2) is 6.10. The predicted molar refractivity (Wildman–Crippen MR) is 95.2 cm³/mol. The topological polar surface area (TPSA) is 53.1 Å². The monoisotopic (exact) mass is 419 g/mol. The molecule has 0 saturated carbocycles. The number of nitrogens with one attached hydrogen (secondary N) is 1. The summed E-state index contributed by atoms with van der Waals surface area (Å²) in [5.74, 6) is -0.0143. The number of ketones is 1. The number of phenolic OH excluding ortho intramolecular Hbond substituents is 1. The number of hydrogen-bond donors (Lipinski definition) is 2. The minimum absolute atomic E-state index is 0.132. The van der Waals surface area contributed by atoms with Crippen LogP contribution in [0.15, 0.2) is 57.5 Å². The molecule has 0 spiro atoms. The van der Waals surface area contributed by atoms with E-state index < -0.39 is 0 Å². The van der Waals surface area contributed by atoms with Crippen molar-refractivity contribution in [2.75, 3.05) is 0 Å². The number of hydrogen-bond acceptors (Lipinski definition) is 2. The van der Waals surface area contributed by atoms with E-state index in [1.807, 2.05) is 24.3 Å². The largest absolute Gasteiger partial charge is 0.507 e. The lowest BCUT2D eigenvalue weighted by atomic mass is 10.1. The fourth-order valence-electron chi connectivity index (χ4n) is 2.15. The molecule has 3 rings (SSSR count). The normalized spacial score (nSPS) is 11.4. The van der Waals surface area contributed by atoms with Crippen LogP contribution in [0.4, 0.5) is 0 Å². The van der Waals surface area contributed by atoms with E-state index in [1.54, 1.807) is 24.3 Å². The van der Waals surface area contributed by atoms with Crippen molar-refractivity contribution in [3.63, 3.8) is 0 Å². The maximum absolute atomic E-state index is 12.2. The third-order valence-electron chi connectivity index (χ3n) is 3.25. The smallest absolute Gasteiger partial charge is 0.202 e. The fourth-order valence-corrected chi connectivity index (χ4v) is 2.89. The van der Waals surface area contributed by atoms with Crippen LogP contribution in [0.2, 0.25) is 0 Å². The molecule has 0 aliphatic carbocycles. The van der Waals surface area contributed by atoms with Crippen LogP contribution in [0.1, 0.15) is 16.1 Å². The number of carbonyl (C=O) groups excluding carboxylic acids is 1. The summed E-state index contributed by atoms with van der Waals surface area (Å²) in [5, 5.41) is 10.7. The second-order valence-corrected chi connectivity index (χ2v) is 6.65. The van der Waals surface area contributed by atoms with Crippen LogP contribution in [0, 0.1) is 0 Å². The summed E-state index contributed by atoms with van der Waals surface area (Å²) in [7, 11) is 0. The SMILES string of the molecule is O=C(/C=C/c1cc(Br)ccc1O)c1cc2ccc(Br)cc2[nH]1. The zero-order valence-electron chi connectivity index (χ0n) is 11.3. The summed E-state index contributed by atoms with van der Waals surface area (Å²) in [6, 6.07) is 12.7. The molecule has 5 heteroatoms. The molecule has 0 amide bonds. The van der Waals surface area contributed by atoms with Crippen molar-refractivity contribution >= 4 is 54.6 Å². The molecule has 0 fully saturated rings. The average molecular weight is 421 g/mol. The minimum Gasteiger partial charge on any atom is -0.507 e. The molecular weight excluding hydrogens is 410 g/mol. The Morgan fingerprint density at radius 1 is 1.05 bits per heavy atom. The van der Waals surface area contributed by atoms with E-state index in [-0.39, 0.29) is 11.5 Å². The highest BCUT2D eigenvalue weighted by atomic mass is 79.9. The van der Waals surface area contributed by atoms with E-state index in [9.17, 15) is 9.90 Å². The molecule has 0 aliphatic heterocycles. The molecule has 0 atom stereocenters. The van der Waals surface area contributed by atoms with Crippen molar-refractivity contribution in [2.45, 2.75) is 0 Å². The lowest BCUT2D eigenvalue weighted by Crippen LogP contribution is -1.93. The number of aromatic nitrogens is 1. The number of carbonyl (C=O) groups is 1. The molecule has 3 nitrogen and oxygen atoms in total. The zero-order valence-corrected chi connectivity index (χ0v) is 14.5. The molecule has 110 valence electrons. The van der Waals surface area contributed by atoms with E-state index >= 15 is 0 Å². The quantitative estimate of drug-likeness (QED) is 0.446. The fraction of sp³-hybridized carbons (Fsp3) is 0. The van der Waals surface area contributed by atoms with E-state index in [4.69, 9.17) is 0 Å². The number of halogens is 2. The van der Waals surface area contributed by atoms with Crippen LogP contribution in [-0.2, 0) is 0 Å². The first-order valence-corrected chi connectivity index (χ1v) is 8.11. The van der Waals surface area contributed by atoms with Crippen molar-refractivity contribution in [3.8, 4) is 5.75 Å². The number of allylic oxidation sites excluding steroid dienone is 1. The number of phenols is 1. The van der Waals surface area contributed by atoms with Crippen LogP contribution >= 0.6 is 31.9 Å². The van der Waals surface area contributed by atoms with Gasteiger partial charge in [0.2, 0.25) is 5.78 Å². The first kappa shape index (κ1) is 15.1. The summed E-state index contributed by atoms with van der Waals surface area (Å²) in [5.41, 5.74) is 2.00. The van der Waals surface area contributed by atoms with E-state index in [1.165, 1.54) is 6.08 Å². The summed E-state index contributed by atoms with van der Waals surface area (Å²) in [6.07, 6.45) is 3.05. The van der Waals surface area contributed by atoms with Gasteiger partial charge >= 0.3 is 0 Å². The van der Waals surface area contributed by atoms with Gasteiger partial charge in [0.15, 0.2) is 0 Å². The van der Waals surface area contributed by atoms with Gasteiger partial charge in [-0.1, -0.05) is 37.9 Å². The molecule has 3 aromatic rings. The Labute approximate surface area is 143 Å². The highest BCUT2D eigenvalue weighted by molar-refractivity contribution is 9.10. The third kappa shape index (κ3) is 3.15. The van der Waals surface area contributed by atoms with Crippen molar-refractivity contribution in [1.29, 1.82) is 0 Å². The number of rotatable bonds is 3. The Hall–Kier alpha value is -1.85. The predicted octanol–water partition coefficient (Wildman–Crippen LogP) is 5.29. The van der Waals surface area contributed by atoms with Crippen LogP contribution in [-0.4, -0.2) is 15.9 Å². The standard InChI is InChI=1S/C17H11Br2NO2/c18-12-4-6-16(21)11(7-12)2-5-17(22)15-8-10-1-3-13(19)9-14(10)20-15/h1-9,20-21H/b5-2+. The van der Waals surface area contributed by atoms with Crippen molar-refractivity contribution in [3.05, 3.63) is 68.7 Å². The number of aromatic amines is 1. The summed E-state index contributed by atoms with van der Waals surface area (Å²) in [6.45, 7) is 0. The lowest BCUT2D eigenvalue weighted by Gasteiger charge is -1.99. The minimum atomic E-state index is -0.147. The van der Waals surface area contributed by atoms with Gasteiger partial charge in [0, 0.05) is 25.4 Å². The number of H-pyrrole nitrogens is 1. The third-order valence-corrected chi connectivity index (χ3v) is 4.24. The maximum Gasteiger partial charge on any atom is 0.202 e. The zero-order chi connectivity index (χ0) is 15.7. The van der Waals surface area contributed by atoms with Gasteiger partial charge in [-0.25, -0.2) is 0 Å². The van der Waals surface area contributed by atoms with Crippen LogP contribution in [0.25, 0.3) is 17.0 Å². The molecular formula is C17H11Br2NO2. The molecule has 1 heterocycles. The summed E-state index contributed by atoms with van der Waals surface area (Å²) in [4.78, 5) is 15.3. The average Bonchev–Trinajstić information content (AvgIpc) is 2.91.